The van der Waals surface area contributed by atoms with Gasteiger partial charge in [0.2, 0.25) is 0 Å². The Kier molecular flexibility index (Phi) is 5.38. The highest BCUT2D eigenvalue weighted by Crippen LogP contribution is 2.36. The van der Waals surface area contributed by atoms with Gasteiger partial charge in [0.25, 0.3) is 0 Å². The van der Waals surface area contributed by atoms with E-state index in [1.54, 1.807) is 14.2 Å². The van der Waals surface area contributed by atoms with Crippen LogP contribution in [0.5, 0.6) is 11.5 Å². The minimum Gasteiger partial charge on any atom is -0.495 e. The highest BCUT2D eigenvalue weighted by molar-refractivity contribution is 6.32. The van der Waals surface area contributed by atoms with Gasteiger partial charge < -0.3 is 19.7 Å². The molecule has 112 valence electrons. The Bertz CT molecular complexity index is 454. The zero-order chi connectivity index (χ0) is 14.5. The van der Waals surface area contributed by atoms with Crippen LogP contribution in [-0.4, -0.2) is 45.3 Å². The summed E-state index contributed by atoms with van der Waals surface area (Å²) in [7, 11) is 5.44. The van der Waals surface area contributed by atoms with Gasteiger partial charge in [-0.3, -0.25) is 0 Å². The molecule has 1 atom stereocenters. The van der Waals surface area contributed by atoms with Gasteiger partial charge in [0.1, 0.15) is 11.5 Å². The number of ether oxygens (including phenoxy) is 2. The Morgan fingerprint density at radius 1 is 1.25 bits per heavy atom. The van der Waals surface area contributed by atoms with Crippen molar-refractivity contribution in [3.8, 4) is 11.5 Å². The van der Waals surface area contributed by atoms with Gasteiger partial charge >= 0.3 is 0 Å². The van der Waals surface area contributed by atoms with E-state index in [-0.39, 0.29) is 0 Å². The molecule has 1 aliphatic heterocycles. The molecule has 0 aromatic heterocycles. The molecule has 0 saturated carbocycles. The molecule has 0 radical (unpaired) electrons. The minimum atomic E-state index is 0.564. The van der Waals surface area contributed by atoms with Gasteiger partial charge in [-0.2, -0.15) is 0 Å². The molecule has 1 saturated heterocycles. The minimum absolute atomic E-state index is 0.564. The van der Waals surface area contributed by atoms with Gasteiger partial charge in [0.05, 0.1) is 24.9 Å². The van der Waals surface area contributed by atoms with Crippen molar-refractivity contribution in [3.63, 3.8) is 0 Å². The van der Waals surface area contributed by atoms with Gasteiger partial charge in [-0.05, 0) is 32.5 Å². The lowest BCUT2D eigenvalue weighted by Gasteiger charge is -2.32. The van der Waals surface area contributed by atoms with E-state index in [1.807, 2.05) is 12.1 Å². The van der Waals surface area contributed by atoms with Crippen LogP contribution >= 0.6 is 11.6 Å². The second-order valence-corrected chi connectivity index (χ2v) is 5.61. The summed E-state index contributed by atoms with van der Waals surface area (Å²) in [6.45, 7) is 2.07. The maximum atomic E-state index is 6.18. The first-order chi connectivity index (χ1) is 9.65. The van der Waals surface area contributed by atoms with Gasteiger partial charge in [-0.1, -0.05) is 18.0 Å². The monoisotopic (exact) mass is 298 g/mol. The standard InChI is InChI=1S/C15H23ClN2O2/c1-18-7-5-4-6-11(18)10-17-13-8-12(16)14(19-2)9-15(13)20-3/h8-9,11,17H,4-7,10H2,1-3H3. The Balaban J connectivity index is 2.06. The van der Waals surface area contributed by atoms with Crippen LogP contribution in [0, 0.1) is 0 Å². The van der Waals surface area contributed by atoms with Gasteiger partial charge in [0.15, 0.2) is 0 Å². The fraction of sp³-hybridized carbons (Fsp3) is 0.600. The number of hydrogen-bond acceptors (Lipinski definition) is 4. The van der Waals surface area contributed by atoms with Crippen molar-refractivity contribution < 1.29 is 9.47 Å². The van der Waals surface area contributed by atoms with E-state index >= 15 is 0 Å². The fourth-order valence-electron chi connectivity index (χ4n) is 2.63. The zero-order valence-electron chi connectivity index (χ0n) is 12.4. The van der Waals surface area contributed by atoms with Gasteiger partial charge in [-0.15, -0.1) is 0 Å². The van der Waals surface area contributed by atoms with E-state index in [4.69, 9.17) is 21.1 Å². The largest absolute Gasteiger partial charge is 0.495 e. The highest BCUT2D eigenvalue weighted by Gasteiger charge is 2.19. The van der Waals surface area contributed by atoms with Crippen molar-refractivity contribution in [2.24, 2.45) is 0 Å². The molecule has 1 aromatic rings. The van der Waals surface area contributed by atoms with Crippen molar-refractivity contribution in [2.45, 2.75) is 25.3 Å². The third-order valence-corrected chi connectivity index (χ3v) is 4.22. The predicted molar refractivity (Wildman–Crippen MR) is 83.3 cm³/mol. The highest BCUT2D eigenvalue weighted by atomic mass is 35.5. The molecule has 1 heterocycles. The Hall–Kier alpha value is -1.13. The van der Waals surface area contributed by atoms with Crippen LogP contribution in [0.15, 0.2) is 12.1 Å². The van der Waals surface area contributed by atoms with Crippen LogP contribution in [0.2, 0.25) is 5.02 Å². The maximum absolute atomic E-state index is 6.18. The van der Waals surface area contributed by atoms with Crippen LogP contribution in [0.25, 0.3) is 0 Å². The number of likely N-dealkylation sites (N-methyl/N-ethyl adjacent to an activating group) is 1. The van der Waals surface area contributed by atoms with E-state index in [9.17, 15) is 0 Å². The number of nitrogens with one attached hydrogen (secondary N) is 1. The molecule has 0 amide bonds. The van der Waals surface area contributed by atoms with Crippen molar-refractivity contribution in [1.82, 2.24) is 4.90 Å². The summed E-state index contributed by atoms with van der Waals surface area (Å²) in [5.41, 5.74) is 0.914. The Morgan fingerprint density at radius 2 is 2.00 bits per heavy atom. The van der Waals surface area contributed by atoms with Gasteiger partial charge in [0, 0.05) is 18.7 Å². The number of methoxy groups -OCH3 is 2. The quantitative estimate of drug-likeness (QED) is 0.905. The van der Waals surface area contributed by atoms with E-state index in [2.05, 4.69) is 17.3 Å². The Labute approximate surface area is 126 Å². The first kappa shape index (κ1) is 15.3. The summed E-state index contributed by atoms with van der Waals surface area (Å²) in [6.07, 6.45) is 3.83. The number of benzene rings is 1. The van der Waals surface area contributed by atoms with Gasteiger partial charge in [-0.25, -0.2) is 0 Å². The van der Waals surface area contributed by atoms with Crippen molar-refractivity contribution >= 4 is 17.3 Å². The van der Waals surface area contributed by atoms with Crippen molar-refractivity contribution in [3.05, 3.63) is 17.2 Å². The summed E-state index contributed by atoms with van der Waals surface area (Å²) >= 11 is 6.18. The summed E-state index contributed by atoms with van der Waals surface area (Å²) in [6, 6.07) is 4.24. The molecule has 0 aliphatic carbocycles. The summed E-state index contributed by atoms with van der Waals surface area (Å²) < 4.78 is 10.6. The molecule has 2 rings (SSSR count). The number of nitrogens with zero attached hydrogens (tertiary/aromatic N) is 1. The number of rotatable bonds is 5. The molecular weight excluding hydrogens is 276 g/mol. The first-order valence-electron chi connectivity index (χ1n) is 7.01. The maximum Gasteiger partial charge on any atom is 0.145 e. The molecule has 0 bridgehead atoms. The molecule has 1 N–H and O–H groups in total. The second kappa shape index (κ2) is 7.04. The number of piperidine rings is 1. The molecule has 0 spiro atoms. The van der Waals surface area contributed by atoms with Crippen LogP contribution in [-0.2, 0) is 0 Å². The van der Waals surface area contributed by atoms with E-state index < -0.39 is 0 Å². The van der Waals surface area contributed by atoms with E-state index in [0.29, 0.717) is 16.8 Å². The molecule has 4 nitrogen and oxygen atoms in total. The summed E-state index contributed by atoms with van der Waals surface area (Å²) in [5.74, 6) is 1.38. The van der Waals surface area contributed by atoms with Crippen molar-refractivity contribution in [1.29, 1.82) is 0 Å². The van der Waals surface area contributed by atoms with Crippen LogP contribution < -0.4 is 14.8 Å². The Morgan fingerprint density at radius 3 is 2.65 bits per heavy atom. The van der Waals surface area contributed by atoms with Crippen LogP contribution in [0.4, 0.5) is 5.69 Å². The molecule has 1 fully saturated rings. The SMILES string of the molecule is COc1cc(OC)c(NCC2CCCCN2C)cc1Cl. The number of likely N-dealkylation sites (tertiary alicyclic amines) is 1. The molecule has 1 aromatic carbocycles. The molecular formula is C15H23ClN2O2. The fourth-order valence-corrected chi connectivity index (χ4v) is 2.87. The lowest BCUT2D eigenvalue weighted by atomic mass is 10.0. The number of anilines is 1. The summed E-state index contributed by atoms with van der Waals surface area (Å²) in [4.78, 5) is 2.41. The predicted octanol–water partition coefficient (Wildman–Crippen LogP) is 3.25. The number of halogens is 1. The second-order valence-electron chi connectivity index (χ2n) is 5.20. The normalized spacial score (nSPS) is 19.7. The van der Waals surface area contributed by atoms with E-state index in [0.717, 1.165) is 18.0 Å². The summed E-state index contributed by atoms with van der Waals surface area (Å²) in [5, 5.41) is 4.04. The van der Waals surface area contributed by atoms with Crippen LogP contribution in [0.1, 0.15) is 19.3 Å². The van der Waals surface area contributed by atoms with Crippen molar-refractivity contribution in [2.75, 3.05) is 39.7 Å². The lowest BCUT2D eigenvalue weighted by molar-refractivity contribution is 0.194. The van der Waals surface area contributed by atoms with Crippen LogP contribution in [0.3, 0.4) is 0 Å². The molecule has 1 aliphatic rings. The third kappa shape index (κ3) is 3.49. The number of hydrogen-bond donors (Lipinski definition) is 1. The molecule has 5 heteroatoms. The topological polar surface area (TPSA) is 33.7 Å². The average Bonchev–Trinajstić information content (AvgIpc) is 2.46. The average molecular weight is 299 g/mol. The van der Waals surface area contributed by atoms with E-state index in [1.165, 1.54) is 25.8 Å². The third-order valence-electron chi connectivity index (χ3n) is 3.92. The lowest BCUT2D eigenvalue weighted by Crippen LogP contribution is -2.40. The molecule has 1 unspecified atom stereocenters. The smallest absolute Gasteiger partial charge is 0.145 e. The zero-order valence-corrected chi connectivity index (χ0v) is 13.2. The molecule has 20 heavy (non-hydrogen) atoms. The first-order valence-corrected chi connectivity index (χ1v) is 7.39.